The van der Waals surface area contributed by atoms with Crippen molar-refractivity contribution in [3.8, 4) is 0 Å². The quantitative estimate of drug-likeness (QED) is 0.281. The van der Waals surface area contributed by atoms with Gasteiger partial charge in [-0.05, 0) is 32.5 Å². The molecule has 7 nitrogen and oxygen atoms in total. The van der Waals surface area contributed by atoms with Gasteiger partial charge in [0.1, 0.15) is 5.76 Å². The molecular formula is C23H36ClIN6O. The van der Waals surface area contributed by atoms with Crippen molar-refractivity contribution in [2.75, 3.05) is 44.7 Å². The van der Waals surface area contributed by atoms with Crippen LogP contribution in [0.25, 0.3) is 0 Å². The number of aromatic nitrogens is 1. The number of nitrogens with one attached hydrogen (secondary N) is 2. The maximum atomic E-state index is 6.62. The summed E-state index contributed by atoms with van der Waals surface area (Å²) >= 11 is 6.62. The average Bonchev–Trinajstić information content (AvgIpc) is 3.18. The minimum absolute atomic E-state index is 0. The van der Waals surface area contributed by atoms with Gasteiger partial charge in [0.2, 0.25) is 0 Å². The molecule has 1 saturated heterocycles. The predicted octanol–water partition coefficient (Wildman–Crippen LogP) is 4.08. The van der Waals surface area contributed by atoms with Crippen LogP contribution in [0.4, 0.5) is 5.69 Å². The van der Waals surface area contributed by atoms with Crippen LogP contribution in [0.5, 0.6) is 0 Å². The Hall–Kier alpha value is -1.52. The van der Waals surface area contributed by atoms with Crippen LogP contribution in [-0.4, -0.2) is 55.8 Å². The Morgan fingerprint density at radius 1 is 1.09 bits per heavy atom. The van der Waals surface area contributed by atoms with Gasteiger partial charge in [-0.2, -0.15) is 0 Å². The summed E-state index contributed by atoms with van der Waals surface area (Å²) in [6, 6.07) is 6.15. The van der Waals surface area contributed by atoms with Gasteiger partial charge in [-0.3, -0.25) is 0 Å². The van der Waals surface area contributed by atoms with Crippen molar-refractivity contribution in [2.24, 2.45) is 4.99 Å². The van der Waals surface area contributed by atoms with Crippen molar-refractivity contribution < 1.29 is 4.52 Å². The van der Waals surface area contributed by atoms with Crippen molar-refractivity contribution in [1.82, 2.24) is 20.7 Å². The van der Waals surface area contributed by atoms with E-state index in [-0.39, 0.29) is 24.0 Å². The molecule has 0 amide bonds. The Balaban J connectivity index is 0.00000363. The third-order valence-electron chi connectivity index (χ3n) is 5.72. The fourth-order valence-corrected chi connectivity index (χ4v) is 4.09. The van der Waals surface area contributed by atoms with Crippen LogP contribution in [0, 0.1) is 0 Å². The molecule has 0 unspecified atom stereocenters. The molecule has 32 heavy (non-hydrogen) atoms. The summed E-state index contributed by atoms with van der Waals surface area (Å²) in [7, 11) is 2.17. The summed E-state index contributed by atoms with van der Waals surface area (Å²) in [6.45, 7) is 12.3. The third-order valence-corrected chi connectivity index (χ3v) is 6.07. The van der Waals surface area contributed by atoms with E-state index in [9.17, 15) is 0 Å². The number of anilines is 1. The monoisotopic (exact) mass is 574 g/mol. The first-order chi connectivity index (χ1) is 15.1. The van der Waals surface area contributed by atoms with Gasteiger partial charge in [0, 0.05) is 67.5 Å². The lowest BCUT2D eigenvalue weighted by atomic mass is 10.1. The molecule has 2 N–H and O–H groups in total. The molecule has 3 rings (SSSR count). The summed E-state index contributed by atoms with van der Waals surface area (Å²) < 4.78 is 5.48. The topological polar surface area (TPSA) is 68.9 Å². The fraction of sp³-hybridized carbons (Fsp3) is 0.565. The predicted molar refractivity (Wildman–Crippen MR) is 143 cm³/mol. The highest BCUT2D eigenvalue weighted by Crippen LogP contribution is 2.28. The molecule has 0 spiro atoms. The number of halogens is 2. The molecule has 0 atom stereocenters. The molecule has 1 aliphatic rings. The second kappa shape index (κ2) is 13.3. The van der Waals surface area contributed by atoms with E-state index in [2.05, 4.69) is 59.5 Å². The molecule has 0 bridgehead atoms. The van der Waals surface area contributed by atoms with Gasteiger partial charge < -0.3 is 25.0 Å². The van der Waals surface area contributed by atoms with Gasteiger partial charge in [-0.1, -0.05) is 36.7 Å². The standard InChI is InChI=1S/C23H35ClN6O.HI/c1-5-20-18(22(6-2)31-28-20)16-27-23(25-7-3)26-15-17-19(24)9-8-10-21(17)30-13-11-29(4)12-14-30;/h8-10H,5-7,11-16H2,1-4H3,(H2,25,26,27);1H. The molecular weight excluding hydrogens is 539 g/mol. The van der Waals surface area contributed by atoms with Gasteiger partial charge in [-0.25, -0.2) is 4.99 Å². The fourth-order valence-electron chi connectivity index (χ4n) is 3.85. The van der Waals surface area contributed by atoms with E-state index in [1.54, 1.807) is 0 Å². The molecule has 0 aliphatic carbocycles. The lowest BCUT2D eigenvalue weighted by Crippen LogP contribution is -2.45. The van der Waals surface area contributed by atoms with Crippen molar-refractivity contribution in [1.29, 1.82) is 0 Å². The lowest BCUT2D eigenvalue weighted by Gasteiger charge is -2.35. The molecule has 2 heterocycles. The van der Waals surface area contributed by atoms with E-state index >= 15 is 0 Å². The van der Waals surface area contributed by atoms with Crippen LogP contribution >= 0.6 is 35.6 Å². The number of nitrogens with zero attached hydrogens (tertiary/aromatic N) is 4. The molecule has 2 aromatic rings. The van der Waals surface area contributed by atoms with Gasteiger partial charge in [0.15, 0.2) is 5.96 Å². The molecule has 178 valence electrons. The molecule has 1 fully saturated rings. The van der Waals surface area contributed by atoms with Crippen LogP contribution in [0.3, 0.4) is 0 Å². The van der Waals surface area contributed by atoms with Crippen molar-refractivity contribution in [3.63, 3.8) is 0 Å². The summed E-state index contributed by atoms with van der Waals surface area (Å²) in [4.78, 5) is 9.58. The average molecular weight is 575 g/mol. The van der Waals surface area contributed by atoms with Crippen LogP contribution in [-0.2, 0) is 25.9 Å². The minimum Gasteiger partial charge on any atom is -0.369 e. The smallest absolute Gasteiger partial charge is 0.191 e. The van der Waals surface area contributed by atoms with Crippen LogP contribution in [0.15, 0.2) is 27.7 Å². The summed E-state index contributed by atoms with van der Waals surface area (Å²) in [6.07, 6.45) is 1.65. The van der Waals surface area contributed by atoms with E-state index in [1.165, 1.54) is 5.69 Å². The van der Waals surface area contributed by atoms with E-state index in [1.807, 2.05) is 12.1 Å². The number of likely N-dealkylation sites (N-methyl/N-ethyl adjacent to an activating group) is 1. The Morgan fingerprint density at radius 3 is 2.50 bits per heavy atom. The minimum atomic E-state index is 0. The largest absolute Gasteiger partial charge is 0.369 e. The van der Waals surface area contributed by atoms with Crippen molar-refractivity contribution in [3.05, 3.63) is 45.8 Å². The first kappa shape index (κ1) is 26.7. The molecule has 0 saturated carbocycles. The number of hydrogen-bond donors (Lipinski definition) is 2. The maximum absolute atomic E-state index is 6.62. The molecule has 1 aliphatic heterocycles. The number of hydrogen-bond acceptors (Lipinski definition) is 5. The van der Waals surface area contributed by atoms with E-state index in [4.69, 9.17) is 21.1 Å². The first-order valence-corrected chi connectivity index (χ1v) is 11.6. The molecule has 9 heteroatoms. The van der Waals surface area contributed by atoms with Gasteiger partial charge >= 0.3 is 0 Å². The van der Waals surface area contributed by atoms with Crippen LogP contribution < -0.4 is 15.5 Å². The van der Waals surface area contributed by atoms with Crippen LogP contribution in [0.1, 0.15) is 43.4 Å². The summed E-state index contributed by atoms with van der Waals surface area (Å²) in [5.41, 5.74) is 4.38. The Labute approximate surface area is 214 Å². The highest BCUT2D eigenvalue weighted by atomic mass is 127. The molecule has 1 aromatic carbocycles. The highest BCUT2D eigenvalue weighted by Gasteiger charge is 2.19. The summed E-state index contributed by atoms with van der Waals surface area (Å²) in [5.74, 6) is 1.68. The maximum Gasteiger partial charge on any atom is 0.191 e. The van der Waals surface area contributed by atoms with Gasteiger partial charge in [0.05, 0.1) is 12.2 Å². The van der Waals surface area contributed by atoms with Gasteiger partial charge in [-0.15, -0.1) is 24.0 Å². The number of benzene rings is 1. The van der Waals surface area contributed by atoms with E-state index in [0.717, 1.165) is 79.1 Å². The Morgan fingerprint density at radius 2 is 1.84 bits per heavy atom. The van der Waals surface area contributed by atoms with Gasteiger partial charge in [0.25, 0.3) is 0 Å². The Bertz CT molecular complexity index is 858. The number of rotatable bonds is 8. The SMILES string of the molecule is CCNC(=NCc1c(CC)noc1CC)NCc1c(Cl)cccc1N1CCN(C)CC1.I. The second-order valence-corrected chi connectivity index (χ2v) is 8.22. The van der Waals surface area contributed by atoms with Crippen molar-refractivity contribution >= 4 is 47.2 Å². The van der Waals surface area contributed by atoms with E-state index < -0.39 is 0 Å². The molecule has 1 aromatic heterocycles. The number of piperazine rings is 1. The first-order valence-electron chi connectivity index (χ1n) is 11.3. The number of aliphatic imine (C=N–C) groups is 1. The van der Waals surface area contributed by atoms with Crippen molar-refractivity contribution in [2.45, 2.75) is 46.7 Å². The normalized spacial score (nSPS) is 14.9. The third kappa shape index (κ3) is 6.74. The zero-order chi connectivity index (χ0) is 22.2. The highest BCUT2D eigenvalue weighted by molar-refractivity contribution is 14.0. The zero-order valence-corrected chi connectivity index (χ0v) is 22.7. The lowest BCUT2D eigenvalue weighted by molar-refractivity contribution is 0.312. The van der Waals surface area contributed by atoms with Crippen LogP contribution in [0.2, 0.25) is 5.02 Å². The second-order valence-electron chi connectivity index (χ2n) is 7.81. The number of aryl methyl sites for hydroxylation is 2. The summed E-state index contributed by atoms with van der Waals surface area (Å²) in [5, 5.41) is 11.8. The van der Waals surface area contributed by atoms with E-state index in [0.29, 0.717) is 13.1 Å². The Kier molecular flexibility index (Phi) is 11.1. The number of guanidine groups is 1. The zero-order valence-electron chi connectivity index (χ0n) is 19.6. The molecule has 0 radical (unpaired) electrons.